The summed E-state index contributed by atoms with van der Waals surface area (Å²) in [5.41, 5.74) is 4.86. The first-order chi connectivity index (χ1) is 8.51. The van der Waals surface area contributed by atoms with Gasteiger partial charge in [0.15, 0.2) is 5.43 Å². The fourth-order valence-corrected chi connectivity index (χ4v) is 2.27. The fourth-order valence-electron chi connectivity index (χ4n) is 2.27. The normalized spacial score (nSPS) is 10.4. The molecule has 0 radical (unpaired) electrons. The van der Waals surface area contributed by atoms with Gasteiger partial charge in [-0.15, -0.1) is 0 Å². The molecule has 0 amide bonds. The minimum atomic E-state index is 0.0207. The van der Waals surface area contributed by atoms with Gasteiger partial charge in [0.05, 0.1) is 7.11 Å². The second-order valence-corrected chi connectivity index (χ2v) is 4.56. The van der Waals surface area contributed by atoms with Gasteiger partial charge in [0.25, 0.3) is 0 Å². The van der Waals surface area contributed by atoms with Crippen molar-refractivity contribution in [3.05, 3.63) is 51.3 Å². The molecular weight excluding hydrogens is 226 g/mol. The van der Waals surface area contributed by atoms with E-state index in [-0.39, 0.29) is 5.43 Å². The Balaban J connectivity index is 2.61. The molecule has 18 heavy (non-hydrogen) atoms. The van der Waals surface area contributed by atoms with Gasteiger partial charge in [0, 0.05) is 23.5 Å². The van der Waals surface area contributed by atoms with Gasteiger partial charge >= 0.3 is 0 Å². The number of methoxy groups -OCH3 is 1. The Labute approximate surface area is 106 Å². The standard InChI is InChI=1S/C15H17NO2/c1-9-5-12(6-10(2)15(9)18-4)14-8-13(17)7-11(3)16-14/h5-8H,1-4H3,(H,16,17). The molecule has 94 valence electrons. The predicted octanol–water partition coefficient (Wildman–Crippen LogP) is 2.98. The summed E-state index contributed by atoms with van der Waals surface area (Å²) in [6.07, 6.45) is 0. The van der Waals surface area contributed by atoms with Crippen molar-refractivity contribution in [1.82, 2.24) is 4.98 Å². The van der Waals surface area contributed by atoms with Crippen LogP contribution in [0, 0.1) is 20.8 Å². The Kier molecular flexibility index (Phi) is 3.24. The SMILES string of the molecule is COc1c(C)cc(-c2cc(=O)cc(C)[nH]2)cc1C. The number of nitrogens with one attached hydrogen (secondary N) is 1. The molecule has 0 aliphatic rings. The molecule has 3 nitrogen and oxygen atoms in total. The lowest BCUT2D eigenvalue weighted by Gasteiger charge is -2.11. The second-order valence-electron chi connectivity index (χ2n) is 4.56. The molecule has 0 fully saturated rings. The van der Waals surface area contributed by atoms with Crippen LogP contribution in [0.5, 0.6) is 5.75 Å². The summed E-state index contributed by atoms with van der Waals surface area (Å²) in [7, 11) is 1.67. The van der Waals surface area contributed by atoms with Crippen LogP contribution in [0.2, 0.25) is 0 Å². The van der Waals surface area contributed by atoms with Gasteiger partial charge in [-0.1, -0.05) is 0 Å². The van der Waals surface area contributed by atoms with Crippen LogP contribution in [0.3, 0.4) is 0 Å². The third kappa shape index (κ3) is 2.30. The average Bonchev–Trinajstić information content (AvgIpc) is 2.27. The van der Waals surface area contributed by atoms with E-state index in [1.165, 1.54) is 0 Å². The maximum atomic E-state index is 11.5. The second kappa shape index (κ2) is 4.69. The highest BCUT2D eigenvalue weighted by Crippen LogP contribution is 2.28. The highest BCUT2D eigenvalue weighted by Gasteiger charge is 2.07. The van der Waals surface area contributed by atoms with E-state index in [0.717, 1.165) is 33.8 Å². The highest BCUT2D eigenvalue weighted by atomic mass is 16.5. The lowest BCUT2D eigenvalue weighted by Crippen LogP contribution is -2.02. The summed E-state index contributed by atoms with van der Waals surface area (Å²) in [6.45, 7) is 5.89. The lowest BCUT2D eigenvalue weighted by atomic mass is 10.0. The van der Waals surface area contributed by atoms with E-state index in [4.69, 9.17) is 4.74 Å². The van der Waals surface area contributed by atoms with Crippen LogP contribution >= 0.6 is 0 Å². The quantitative estimate of drug-likeness (QED) is 0.881. The molecule has 1 aromatic heterocycles. The zero-order chi connectivity index (χ0) is 13.3. The van der Waals surface area contributed by atoms with Crippen LogP contribution < -0.4 is 10.2 Å². The molecule has 0 aliphatic heterocycles. The van der Waals surface area contributed by atoms with Crippen molar-refractivity contribution in [3.63, 3.8) is 0 Å². The number of benzene rings is 1. The number of pyridine rings is 1. The molecule has 0 unspecified atom stereocenters. The van der Waals surface area contributed by atoms with Crippen LogP contribution in [0.1, 0.15) is 16.8 Å². The zero-order valence-electron chi connectivity index (χ0n) is 11.1. The van der Waals surface area contributed by atoms with Gasteiger partial charge in [0.2, 0.25) is 0 Å². The molecule has 2 rings (SSSR count). The summed E-state index contributed by atoms with van der Waals surface area (Å²) in [6, 6.07) is 7.26. The number of hydrogen-bond donors (Lipinski definition) is 1. The summed E-state index contributed by atoms with van der Waals surface area (Å²) in [4.78, 5) is 14.7. The van der Waals surface area contributed by atoms with E-state index < -0.39 is 0 Å². The molecule has 1 N–H and O–H groups in total. The molecule has 1 heterocycles. The molecule has 0 spiro atoms. The summed E-state index contributed by atoms with van der Waals surface area (Å²) in [5.74, 6) is 0.897. The summed E-state index contributed by atoms with van der Waals surface area (Å²) < 4.78 is 5.34. The van der Waals surface area contributed by atoms with Crippen molar-refractivity contribution >= 4 is 0 Å². The first-order valence-corrected chi connectivity index (χ1v) is 5.88. The molecular formula is C15H17NO2. The van der Waals surface area contributed by atoms with E-state index in [2.05, 4.69) is 4.98 Å². The van der Waals surface area contributed by atoms with Gasteiger partial charge < -0.3 is 9.72 Å². The van der Waals surface area contributed by atoms with Gasteiger partial charge in [-0.25, -0.2) is 0 Å². The van der Waals surface area contributed by atoms with E-state index in [1.807, 2.05) is 32.9 Å². The highest BCUT2D eigenvalue weighted by molar-refractivity contribution is 5.64. The Hall–Kier alpha value is -2.03. The van der Waals surface area contributed by atoms with Crippen LogP contribution in [0.4, 0.5) is 0 Å². The number of aromatic amines is 1. The number of H-pyrrole nitrogens is 1. The lowest BCUT2D eigenvalue weighted by molar-refractivity contribution is 0.408. The van der Waals surface area contributed by atoms with E-state index in [1.54, 1.807) is 19.2 Å². The molecule has 0 aliphatic carbocycles. The van der Waals surface area contributed by atoms with Crippen LogP contribution in [0.15, 0.2) is 29.1 Å². The monoisotopic (exact) mass is 243 g/mol. The maximum Gasteiger partial charge on any atom is 0.182 e. The third-order valence-corrected chi connectivity index (χ3v) is 2.95. The maximum absolute atomic E-state index is 11.5. The average molecular weight is 243 g/mol. The van der Waals surface area contributed by atoms with Gasteiger partial charge in [-0.05, 0) is 49.6 Å². The third-order valence-electron chi connectivity index (χ3n) is 2.95. The number of ether oxygens (including phenoxy) is 1. The Morgan fingerprint density at radius 3 is 2.11 bits per heavy atom. The Morgan fingerprint density at radius 1 is 1.00 bits per heavy atom. The molecule has 0 saturated carbocycles. The van der Waals surface area contributed by atoms with Crippen LogP contribution in [-0.2, 0) is 0 Å². The topological polar surface area (TPSA) is 42.1 Å². The molecule has 0 saturated heterocycles. The fraction of sp³-hybridized carbons (Fsp3) is 0.267. The van der Waals surface area contributed by atoms with E-state index >= 15 is 0 Å². The Bertz CT molecular complexity index is 618. The van der Waals surface area contributed by atoms with Gasteiger partial charge in [-0.2, -0.15) is 0 Å². The largest absolute Gasteiger partial charge is 0.496 e. The van der Waals surface area contributed by atoms with E-state index in [0.29, 0.717) is 0 Å². The molecule has 0 atom stereocenters. The van der Waals surface area contributed by atoms with Gasteiger partial charge in [-0.3, -0.25) is 4.79 Å². The molecule has 3 heteroatoms. The van der Waals surface area contributed by atoms with Crippen molar-refractivity contribution in [2.24, 2.45) is 0 Å². The first-order valence-electron chi connectivity index (χ1n) is 5.88. The molecule has 0 bridgehead atoms. The van der Waals surface area contributed by atoms with Crippen molar-refractivity contribution in [3.8, 4) is 17.0 Å². The van der Waals surface area contributed by atoms with Crippen LogP contribution in [0.25, 0.3) is 11.3 Å². The number of aromatic nitrogens is 1. The van der Waals surface area contributed by atoms with Crippen molar-refractivity contribution in [2.45, 2.75) is 20.8 Å². The molecule has 1 aromatic carbocycles. The minimum Gasteiger partial charge on any atom is -0.496 e. The van der Waals surface area contributed by atoms with Gasteiger partial charge in [0.1, 0.15) is 5.75 Å². The molecule has 2 aromatic rings. The smallest absolute Gasteiger partial charge is 0.182 e. The number of rotatable bonds is 2. The number of hydrogen-bond acceptors (Lipinski definition) is 2. The first kappa shape index (κ1) is 12.4. The van der Waals surface area contributed by atoms with Crippen molar-refractivity contribution < 1.29 is 4.74 Å². The van der Waals surface area contributed by atoms with Crippen molar-refractivity contribution in [2.75, 3.05) is 7.11 Å². The van der Waals surface area contributed by atoms with E-state index in [9.17, 15) is 4.79 Å². The number of aryl methyl sites for hydroxylation is 3. The Morgan fingerprint density at radius 2 is 1.61 bits per heavy atom. The predicted molar refractivity (Wildman–Crippen MR) is 73.3 cm³/mol. The zero-order valence-corrected chi connectivity index (χ0v) is 11.1. The minimum absolute atomic E-state index is 0.0207. The summed E-state index contributed by atoms with van der Waals surface area (Å²) >= 11 is 0. The van der Waals surface area contributed by atoms with Crippen LogP contribution in [-0.4, -0.2) is 12.1 Å². The van der Waals surface area contributed by atoms with Crippen molar-refractivity contribution in [1.29, 1.82) is 0 Å². The summed E-state index contributed by atoms with van der Waals surface area (Å²) in [5, 5.41) is 0.